The van der Waals surface area contributed by atoms with Crippen LogP contribution in [0.25, 0.3) is 0 Å². The van der Waals surface area contributed by atoms with Gasteiger partial charge in [0.25, 0.3) is 0 Å². The van der Waals surface area contributed by atoms with Crippen molar-refractivity contribution < 1.29 is 4.74 Å². The zero-order chi connectivity index (χ0) is 13.5. The van der Waals surface area contributed by atoms with Crippen LogP contribution in [0.3, 0.4) is 0 Å². The minimum Gasteiger partial charge on any atom is -0.384 e. The Balaban J connectivity index is 2.00. The van der Waals surface area contributed by atoms with E-state index < -0.39 is 0 Å². The largest absolute Gasteiger partial charge is 0.384 e. The van der Waals surface area contributed by atoms with Crippen molar-refractivity contribution in [3.63, 3.8) is 0 Å². The highest BCUT2D eigenvalue weighted by Gasteiger charge is 2.12. The lowest BCUT2D eigenvalue weighted by Crippen LogP contribution is -2.18. The van der Waals surface area contributed by atoms with Crippen molar-refractivity contribution in [2.45, 2.75) is 18.9 Å². The molecule has 0 bridgehead atoms. The molecule has 1 unspecified atom stereocenters. The topological polar surface area (TPSA) is 34.1 Å². The highest BCUT2D eigenvalue weighted by Crippen LogP contribution is 2.19. The van der Waals surface area contributed by atoms with Gasteiger partial charge in [0.2, 0.25) is 0 Å². The summed E-state index contributed by atoms with van der Waals surface area (Å²) in [6, 6.07) is 10.8. The molecule has 1 aromatic heterocycles. The van der Waals surface area contributed by atoms with Gasteiger partial charge in [-0.15, -0.1) is 11.3 Å². The van der Waals surface area contributed by atoms with Crippen molar-refractivity contribution in [3.05, 3.63) is 52.0 Å². The van der Waals surface area contributed by atoms with Gasteiger partial charge < -0.3 is 10.1 Å². The Morgan fingerprint density at radius 2 is 2.11 bits per heavy atom. The SMILES string of the molecule is CNC(Cc1csc(CCOC)n1)c1ccccc1. The van der Waals surface area contributed by atoms with Crippen molar-refractivity contribution in [1.29, 1.82) is 0 Å². The number of ether oxygens (including phenoxy) is 1. The molecule has 4 heteroatoms. The lowest BCUT2D eigenvalue weighted by molar-refractivity contribution is 0.202. The van der Waals surface area contributed by atoms with E-state index in [1.54, 1.807) is 18.4 Å². The predicted octanol–water partition coefficient (Wildman–Crippen LogP) is 2.84. The van der Waals surface area contributed by atoms with Crippen LogP contribution in [-0.2, 0) is 17.6 Å². The van der Waals surface area contributed by atoms with E-state index in [0.29, 0.717) is 6.04 Å². The third-order valence-corrected chi connectivity index (χ3v) is 4.04. The number of methoxy groups -OCH3 is 1. The van der Waals surface area contributed by atoms with Crippen molar-refractivity contribution in [1.82, 2.24) is 10.3 Å². The quantitative estimate of drug-likeness (QED) is 0.844. The molecule has 0 aliphatic heterocycles. The number of likely N-dealkylation sites (N-methyl/N-ethyl adjacent to an activating group) is 1. The number of rotatable bonds is 7. The van der Waals surface area contributed by atoms with Gasteiger partial charge >= 0.3 is 0 Å². The molecule has 0 aliphatic carbocycles. The van der Waals surface area contributed by atoms with Gasteiger partial charge in [0.05, 0.1) is 17.3 Å². The molecule has 1 atom stereocenters. The van der Waals surface area contributed by atoms with Crippen LogP contribution in [0.15, 0.2) is 35.7 Å². The first kappa shape index (κ1) is 14.2. The minimum atomic E-state index is 0.318. The molecule has 0 fully saturated rings. The van der Waals surface area contributed by atoms with Crippen LogP contribution in [0.1, 0.15) is 22.3 Å². The number of hydrogen-bond acceptors (Lipinski definition) is 4. The van der Waals surface area contributed by atoms with Crippen molar-refractivity contribution in [2.75, 3.05) is 20.8 Å². The zero-order valence-electron chi connectivity index (χ0n) is 11.4. The van der Waals surface area contributed by atoms with E-state index in [4.69, 9.17) is 4.74 Å². The lowest BCUT2D eigenvalue weighted by Gasteiger charge is -2.15. The molecule has 0 saturated heterocycles. The molecular formula is C15H20N2OS. The standard InChI is InChI=1S/C15H20N2OS/c1-16-14(12-6-4-3-5-7-12)10-13-11-19-15(17-13)8-9-18-2/h3-7,11,14,16H,8-10H2,1-2H3. The molecule has 0 spiro atoms. The maximum Gasteiger partial charge on any atom is 0.0951 e. The van der Waals surface area contributed by atoms with Gasteiger partial charge in [-0.2, -0.15) is 0 Å². The van der Waals surface area contributed by atoms with E-state index in [2.05, 4.69) is 39.9 Å². The molecule has 102 valence electrons. The monoisotopic (exact) mass is 276 g/mol. The normalized spacial score (nSPS) is 12.5. The number of nitrogens with one attached hydrogen (secondary N) is 1. The van der Waals surface area contributed by atoms with Crippen LogP contribution in [0.5, 0.6) is 0 Å². The van der Waals surface area contributed by atoms with Gasteiger partial charge in [0.1, 0.15) is 0 Å². The average Bonchev–Trinajstić information content (AvgIpc) is 2.91. The van der Waals surface area contributed by atoms with Crippen molar-refractivity contribution >= 4 is 11.3 Å². The maximum atomic E-state index is 5.08. The summed E-state index contributed by atoms with van der Waals surface area (Å²) in [4.78, 5) is 4.66. The van der Waals surface area contributed by atoms with E-state index in [1.807, 2.05) is 13.1 Å². The van der Waals surface area contributed by atoms with Gasteiger partial charge in [0.15, 0.2) is 0 Å². The fourth-order valence-corrected chi connectivity index (χ4v) is 2.82. The maximum absolute atomic E-state index is 5.08. The van der Waals surface area contributed by atoms with E-state index in [9.17, 15) is 0 Å². The Labute approximate surface area is 118 Å². The minimum absolute atomic E-state index is 0.318. The van der Waals surface area contributed by atoms with E-state index in [0.717, 1.165) is 30.2 Å². The second kappa shape index (κ2) is 7.38. The zero-order valence-corrected chi connectivity index (χ0v) is 12.2. The average molecular weight is 276 g/mol. The van der Waals surface area contributed by atoms with Crippen LogP contribution in [0.2, 0.25) is 0 Å². The van der Waals surface area contributed by atoms with E-state index >= 15 is 0 Å². The number of benzene rings is 1. The first-order valence-electron chi connectivity index (χ1n) is 6.48. The predicted molar refractivity (Wildman–Crippen MR) is 79.6 cm³/mol. The Morgan fingerprint density at radius 3 is 2.79 bits per heavy atom. The molecule has 0 amide bonds. The molecule has 19 heavy (non-hydrogen) atoms. The molecule has 2 aromatic rings. The van der Waals surface area contributed by atoms with Crippen molar-refractivity contribution in [2.24, 2.45) is 0 Å². The first-order chi connectivity index (χ1) is 9.33. The van der Waals surface area contributed by atoms with E-state index in [-0.39, 0.29) is 0 Å². The summed E-state index contributed by atoms with van der Waals surface area (Å²) in [5.41, 5.74) is 2.45. The van der Waals surface area contributed by atoms with Gasteiger partial charge in [-0.1, -0.05) is 30.3 Å². The van der Waals surface area contributed by atoms with Gasteiger partial charge in [-0.25, -0.2) is 4.98 Å². The molecule has 3 nitrogen and oxygen atoms in total. The van der Waals surface area contributed by atoms with Crippen molar-refractivity contribution in [3.8, 4) is 0 Å². The molecule has 0 aliphatic rings. The Kier molecular flexibility index (Phi) is 5.51. The van der Waals surface area contributed by atoms with E-state index in [1.165, 1.54) is 5.56 Å². The van der Waals surface area contributed by atoms with Crippen LogP contribution >= 0.6 is 11.3 Å². The number of hydrogen-bond donors (Lipinski definition) is 1. The van der Waals surface area contributed by atoms with Crippen LogP contribution in [0, 0.1) is 0 Å². The fraction of sp³-hybridized carbons (Fsp3) is 0.400. The summed E-state index contributed by atoms with van der Waals surface area (Å²) < 4.78 is 5.08. The third-order valence-electron chi connectivity index (χ3n) is 3.08. The van der Waals surface area contributed by atoms with Crippen LogP contribution in [0.4, 0.5) is 0 Å². The fourth-order valence-electron chi connectivity index (χ4n) is 2.03. The smallest absolute Gasteiger partial charge is 0.0951 e. The molecule has 1 heterocycles. The summed E-state index contributed by atoms with van der Waals surface area (Å²) in [5, 5.41) is 6.66. The first-order valence-corrected chi connectivity index (χ1v) is 7.36. The molecule has 0 radical (unpaired) electrons. The Hall–Kier alpha value is -1.23. The lowest BCUT2D eigenvalue weighted by atomic mass is 10.0. The second-order valence-electron chi connectivity index (χ2n) is 4.43. The summed E-state index contributed by atoms with van der Waals surface area (Å²) in [6.07, 6.45) is 1.82. The molecular weight excluding hydrogens is 256 g/mol. The summed E-state index contributed by atoms with van der Waals surface area (Å²) in [7, 11) is 3.72. The van der Waals surface area contributed by atoms with Crippen LogP contribution < -0.4 is 5.32 Å². The number of nitrogens with zero attached hydrogens (tertiary/aromatic N) is 1. The molecule has 0 saturated carbocycles. The number of aromatic nitrogens is 1. The molecule has 2 rings (SSSR count). The van der Waals surface area contributed by atoms with Gasteiger partial charge in [-0.3, -0.25) is 0 Å². The highest BCUT2D eigenvalue weighted by atomic mass is 32.1. The Bertz CT molecular complexity index is 484. The highest BCUT2D eigenvalue weighted by molar-refractivity contribution is 7.09. The summed E-state index contributed by atoms with van der Waals surface area (Å²) >= 11 is 1.72. The summed E-state index contributed by atoms with van der Waals surface area (Å²) in [5.74, 6) is 0. The third kappa shape index (κ3) is 4.13. The summed E-state index contributed by atoms with van der Waals surface area (Å²) in [6.45, 7) is 0.737. The number of thiazole rings is 1. The second-order valence-corrected chi connectivity index (χ2v) is 5.37. The van der Waals surface area contributed by atoms with Gasteiger partial charge in [0, 0.05) is 31.4 Å². The van der Waals surface area contributed by atoms with Crippen LogP contribution in [-0.4, -0.2) is 25.7 Å². The van der Waals surface area contributed by atoms with Gasteiger partial charge in [-0.05, 0) is 12.6 Å². The molecule has 1 N–H and O–H groups in total. The molecule has 1 aromatic carbocycles. The Morgan fingerprint density at radius 1 is 1.32 bits per heavy atom.